The molecule has 5 heteroatoms. The normalized spacial score (nSPS) is 10.0. The molecule has 0 aliphatic rings. The molecule has 0 atom stereocenters. The summed E-state index contributed by atoms with van der Waals surface area (Å²) in [6, 6.07) is 9.58. The molecule has 1 aromatic heterocycles. The van der Waals surface area contributed by atoms with Crippen molar-refractivity contribution in [1.29, 1.82) is 5.26 Å². The van der Waals surface area contributed by atoms with Gasteiger partial charge in [-0.05, 0) is 24.6 Å². The van der Waals surface area contributed by atoms with Gasteiger partial charge in [0, 0.05) is 13.5 Å². The first-order valence-corrected chi connectivity index (χ1v) is 6.87. The van der Waals surface area contributed by atoms with E-state index in [9.17, 15) is 0 Å². The number of nitrogens with zero attached hydrogens (tertiary/aromatic N) is 3. The van der Waals surface area contributed by atoms with Crippen molar-refractivity contribution >= 4 is 5.82 Å². The Morgan fingerprint density at radius 1 is 1.24 bits per heavy atom. The van der Waals surface area contributed by atoms with E-state index in [1.54, 1.807) is 0 Å². The Labute approximate surface area is 124 Å². The first-order valence-electron chi connectivity index (χ1n) is 6.87. The second-order valence-corrected chi connectivity index (χ2v) is 4.60. The first-order chi connectivity index (χ1) is 10.2. The number of hydrogen-bond acceptors (Lipinski definition) is 5. The number of ether oxygens (including phenoxy) is 1. The summed E-state index contributed by atoms with van der Waals surface area (Å²) in [5, 5.41) is 11.7. The van der Waals surface area contributed by atoms with Crippen molar-refractivity contribution in [2.24, 2.45) is 0 Å². The maximum atomic E-state index is 8.67. The first kappa shape index (κ1) is 14.8. The number of aryl methyl sites for hydroxylation is 1. The van der Waals surface area contributed by atoms with Gasteiger partial charge in [-0.15, -0.1) is 0 Å². The van der Waals surface area contributed by atoms with Gasteiger partial charge in [-0.3, -0.25) is 0 Å². The Kier molecular flexibility index (Phi) is 4.72. The van der Waals surface area contributed by atoms with Gasteiger partial charge in [0.2, 0.25) is 5.88 Å². The van der Waals surface area contributed by atoms with Crippen LogP contribution in [0, 0.1) is 18.3 Å². The highest BCUT2D eigenvalue weighted by Crippen LogP contribution is 2.27. The minimum Gasteiger partial charge on any atom is -0.439 e. The van der Waals surface area contributed by atoms with E-state index >= 15 is 0 Å². The molecule has 5 nitrogen and oxygen atoms in total. The van der Waals surface area contributed by atoms with Crippen molar-refractivity contribution in [1.82, 2.24) is 9.97 Å². The van der Waals surface area contributed by atoms with Gasteiger partial charge in [0.1, 0.15) is 17.4 Å². The van der Waals surface area contributed by atoms with Gasteiger partial charge in [0.25, 0.3) is 0 Å². The molecular weight excluding hydrogens is 264 g/mol. The topological polar surface area (TPSA) is 70.8 Å². The highest BCUT2D eigenvalue weighted by molar-refractivity contribution is 5.49. The molecule has 0 amide bonds. The average Bonchev–Trinajstić information content (AvgIpc) is 2.51. The van der Waals surface area contributed by atoms with Crippen LogP contribution in [-0.2, 0) is 12.8 Å². The van der Waals surface area contributed by atoms with Gasteiger partial charge in [-0.25, -0.2) is 4.98 Å². The van der Waals surface area contributed by atoms with Crippen LogP contribution in [0.4, 0.5) is 5.82 Å². The molecule has 0 unspecified atom stereocenters. The molecule has 0 aliphatic heterocycles. The monoisotopic (exact) mass is 282 g/mol. The van der Waals surface area contributed by atoms with Gasteiger partial charge >= 0.3 is 0 Å². The zero-order valence-corrected chi connectivity index (χ0v) is 12.5. The molecule has 108 valence electrons. The van der Waals surface area contributed by atoms with Crippen molar-refractivity contribution in [3.05, 3.63) is 41.2 Å². The van der Waals surface area contributed by atoms with Crippen molar-refractivity contribution in [3.8, 4) is 17.7 Å². The van der Waals surface area contributed by atoms with Crippen molar-refractivity contribution in [2.45, 2.75) is 26.7 Å². The summed E-state index contributed by atoms with van der Waals surface area (Å²) in [5.74, 6) is 2.76. The second kappa shape index (κ2) is 6.71. The van der Waals surface area contributed by atoms with Gasteiger partial charge in [0.05, 0.1) is 18.1 Å². The summed E-state index contributed by atoms with van der Waals surface area (Å²) in [6.07, 6.45) is 1.14. The van der Waals surface area contributed by atoms with Gasteiger partial charge in [-0.2, -0.15) is 10.2 Å². The molecule has 2 rings (SSSR count). The molecule has 1 heterocycles. The van der Waals surface area contributed by atoms with Crippen LogP contribution in [0.25, 0.3) is 0 Å². The van der Waals surface area contributed by atoms with E-state index in [0.717, 1.165) is 29.2 Å². The van der Waals surface area contributed by atoms with E-state index in [2.05, 4.69) is 21.4 Å². The summed E-state index contributed by atoms with van der Waals surface area (Å²) in [6.45, 7) is 3.93. The molecule has 1 aromatic carbocycles. The molecular formula is C16H18N4O. The van der Waals surface area contributed by atoms with Crippen LogP contribution in [0.2, 0.25) is 0 Å². The highest BCUT2D eigenvalue weighted by atomic mass is 16.5. The Morgan fingerprint density at radius 3 is 2.52 bits per heavy atom. The number of hydrogen-bond donors (Lipinski definition) is 1. The van der Waals surface area contributed by atoms with Crippen LogP contribution in [0.1, 0.15) is 23.9 Å². The number of aromatic nitrogens is 2. The van der Waals surface area contributed by atoms with Crippen LogP contribution < -0.4 is 10.1 Å². The summed E-state index contributed by atoms with van der Waals surface area (Å²) in [7, 11) is 1.83. The van der Waals surface area contributed by atoms with Gasteiger partial charge < -0.3 is 10.1 Å². The summed E-state index contributed by atoms with van der Waals surface area (Å²) >= 11 is 0. The maximum absolute atomic E-state index is 8.67. The van der Waals surface area contributed by atoms with Crippen molar-refractivity contribution in [3.63, 3.8) is 0 Å². The second-order valence-electron chi connectivity index (χ2n) is 4.60. The van der Waals surface area contributed by atoms with Crippen LogP contribution in [0.3, 0.4) is 0 Å². The lowest BCUT2D eigenvalue weighted by Gasteiger charge is -2.12. The Hall–Kier alpha value is -2.61. The zero-order chi connectivity index (χ0) is 15.2. The Bertz CT molecular complexity index is 659. The van der Waals surface area contributed by atoms with E-state index < -0.39 is 0 Å². The van der Waals surface area contributed by atoms with Crippen LogP contribution in [0.15, 0.2) is 24.3 Å². The Morgan fingerprint density at radius 2 is 1.95 bits per heavy atom. The number of benzene rings is 1. The average molecular weight is 282 g/mol. The third-order valence-corrected chi connectivity index (χ3v) is 3.12. The fraction of sp³-hybridized carbons (Fsp3) is 0.312. The molecule has 0 radical (unpaired) electrons. The number of nitrogens with one attached hydrogen (secondary N) is 1. The number of nitriles is 1. The minimum atomic E-state index is 0.400. The molecule has 0 saturated heterocycles. The summed E-state index contributed by atoms with van der Waals surface area (Å²) < 4.78 is 5.85. The van der Waals surface area contributed by atoms with Crippen LogP contribution >= 0.6 is 0 Å². The minimum absolute atomic E-state index is 0.400. The number of anilines is 1. The standard InChI is InChI=1S/C16H18N4O/c1-4-14-19-15(18-3)11(2)16(20-14)21-13-7-5-12(6-8-13)9-10-17/h5-8H,4,9H2,1-3H3,(H,18,19,20). The van der Waals surface area contributed by atoms with E-state index in [1.165, 1.54) is 0 Å². The van der Waals surface area contributed by atoms with Crippen molar-refractivity contribution in [2.75, 3.05) is 12.4 Å². The molecule has 0 fully saturated rings. The maximum Gasteiger partial charge on any atom is 0.227 e. The molecule has 1 N–H and O–H groups in total. The van der Waals surface area contributed by atoms with Gasteiger partial charge in [0.15, 0.2) is 0 Å². The van der Waals surface area contributed by atoms with E-state index in [-0.39, 0.29) is 0 Å². The van der Waals surface area contributed by atoms with E-state index in [1.807, 2.05) is 45.2 Å². The van der Waals surface area contributed by atoms with E-state index in [0.29, 0.717) is 18.1 Å². The molecule has 21 heavy (non-hydrogen) atoms. The lowest BCUT2D eigenvalue weighted by Crippen LogP contribution is -2.04. The quantitative estimate of drug-likeness (QED) is 0.911. The van der Waals surface area contributed by atoms with Crippen LogP contribution in [0.5, 0.6) is 11.6 Å². The third kappa shape index (κ3) is 3.48. The van der Waals surface area contributed by atoms with Gasteiger partial charge in [-0.1, -0.05) is 19.1 Å². The third-order valence-electron chi connectivity index (χ3n) is 3.12. The molecule has 0 saturated carbocycles. The fourth-order valence-electron chi connectivity index (χ4n) is 1.92. The molecule has 0 spiro atoms. The SMILES string of the molecule is CCc1nc(NC)c(C)c(Oc2ccc(CC#N)cc2)n1. The molecule has 0 bridgehead atoms. The summed E-state index contributed by atoms with van der Waals surface area (Å²) in [4.78, 5) is 8.84. The fourth-order valence-corrected chi connectivity index (χ4v) is 1.92. The zero-order valence-electron chi connectivity index (χ0n) is 12.5. The van der Waals surface area contributed by atoms with E-state index in [4.69, 9.17) is 10.00 Å². The Balaban J connectivity index is 2.28. The highest BCUT2D eigenvalue weighted by Gasteiger charge is 2.11. The lowest BCUT2D eigenvalue weighted by atomic mass is 10.2. The summed E-state index contributed by atoms with van der Waals surface area (Å²) in [5.41, 5.74) is 1.84. The lowest BCUT2D eigenvalue weighted by molar-refractivity contribution is 0.455. The van der Waals surface area contributed by atoms with Crippen molar-refractivity contribution < 1.29 is 4.74 Å². The molecule has 2 aromatic rings. The van der Waals surface area contributed by atoms with Crippen LogP contribution in [-0.4, -0.2) is 17.0 Å². The predicted octanol–water partition coefficient (Wildman–Crippen LogP) is 3.25. The smallest absolute Gasteiger partial charge is 0.227 e. The predicted molar refractivity (Wildman–Crippen MR) is 81.5 cm³/mol. The number of rotatable bonds is 5. The largest absolute Gasteiger partial charge is 0.439 e. The molecule has 0 aliphatic carbocycles.